The van der Waals surface area contributed by atoms with Crippen LogP contribution in [-0.2, 0) is 15.9 Å². The molecule has 19 heavy (non-hydrogen) atoms. The molecule has 2 aliphatic carbocycles. The molecule has 112 valence electrons. The van der Waals surface area contributed by atoms with Crippen molar-refractivity contribution in [3.63, 3.8) is 0 Å². The molecule has 0 unspecified atom stereocenters. The van der Waals surface area contributed by atoms with E-state index in [1.807, 2.05) is 0 Å². The van der Waals surface area contributed by atoms with Gasteiger partial charge in [0.15, 0.2) is 0 Å². The zero-order valence-corrected chi connectivity index (χ0v) is 17.0. The predicted molar refractivity (Wildman–Crippen MR) is 95.7 cm³/mol. The van der Waals surface area contributed by atoms with Gasteiger partial charge in [-0.05, 0) is 37.1 Å². The quantitative estimate of drug-likeness (QED) is 0.372. The summed E-state index contributed by atoms with van der Waals surface area (Å²) < 4.78 is 0. The Kier molecular flexibility index (Phi) is 13.5. The van der Waals surface area contributed by atoms with Gasteiger partial charge in [-0.2, -0.15) is 0 Å². The molecule has 2 aliphatic rings. The number of hydrogen-bond acceptors (Lipinski definition) is 0. The van der Waals surface area contributed by atoms with Gasteiger partial charge in [0.2, 0.25) is 0 Å². The first-order valence-electron chi connectivity index (χ1n) is 6.19. The van der Waals surface area contributed by atoms with Gasteiger partial charge < -0.3 is 0 Å². The summed E-state index contributed by atoms with van der Waals surface area (Å²) in [6.45, 7) is 9.30. The second kappa shape index (κ2) is 12.8. The van der Waals surface area contributed by atoms with E-state index in [1.165, 1.54) is 12.8 Å². The fourth-order valence-electron chi connectivity index (χ4n) is 1.66. The Morgan fingerprint density at radius 1 is 0.842 bits per heavy atom. The molecule has 0 atom stereocenters. The van der Waals surface area contributed by atoms with Gasteiger partial charge in [-0.1, -0.05) is 12.2 Å². The fraction of sp³-hybridized carbons (Fsp3) is 0.429. The van der Waals surface area contributed by atoms with Gasteiger partial charge in [-0.25, -0.2) is 0 Å². The van der Waals surface area contributed by atoms with Crippen LogP contribution in [0.1, 0.15) is 12.8 Å². The summed E-state index contributed by atoms with van der Waals surface area (Å²) in [6, 6.07) is 0. The summed E-state index contributed by atoms with van der Waals surface area (Å²) in [5, 5.41) is 3.19. The van der Waals surface area contributed by atoms with E-state index in [2.05, 4.69) is 63.1 Å². The molecule has 0 bridgehead atoms. The van der Waals surface area contributed by atoms with Crippen molar-refractivity contribution in [1.29, 1.82) is 0 Å². The maximum absolute atomic E-state index is 4.81. The molecule has 0 aromatic carbocycles. The van der Waals surface area contributed by atoms with Crippen molar-refractivity contribution in [2.45, 2.75) is 12.8 Å². The average molecular weight is 432 g/mol. The van der Waals surface area contributed by atoms with Crippen LogP contribution in [0.2, 0.25) is 0 Å². The molecular weight excluding hydrogens is 407 g/mol. The molecule has 0 amide bonds. The molecule has 0 nitrogen and oxygen atoms in total. The maximum atomic E-state index is 4.81. The van der Waals surface area contributed by atoms with Crippen molar-refractivity contribution in [2.75, 3.05) is 26.7 Å². The molecule has 0 heterocycles. The molecule has 0 spiro atoms. The number of rotatable bonds is 2. The molecule has 0 radical (unpaired) electrons. The van der Waals surface area contributed by atoms with Gasteiger partial charge >= 0.3 is 35.0 Å². The second-order valence-corrected chi connectivity index (χ2v) is 12.2. The van der Waals surface area contributed by atoms with Crippen LogP contribution in [0.3, 0.4) is 0 Å². The van der Waals surface area contributed by atoms with Crippen LogP contribution in [-0.4, -0.2) is 26.7 Å². The van der Waals surface area contributed by atoms with Crippen molar-refractivity contribution in [2.24, 2.45) is 0 Å². The minimum absolute atomic E-state index is 0.106. The normalized spacial score (nSPS) is 16.0. The molecule has 0 aliphatic heterocycles. The molecule has 2 rings (SSSR count). The number of allylic oxidation sites excluding steroid dienone is 8. The van der Waals surface area contributed by atoms with Gasteiger partial charge in [-0.15, -0.1) is 0 Å². The Labute approximate surface area is 137 Å². The minimum atomic E-state index is -0.138. The van der Waals surface area contributed by atoms with Gasteiger partial charge in [0.1, 0.15) is 0 Å². The zero-order valence-electron chi connectivity index (χ0n) is 12.0. The third-order valence-electron chi connectivity index (χ3n) is 2.70. The Morgan fingerprint density at radius 2 is 1.16 bits per heavy atom. The van der Waals surface area contributed by atoms with Crippen LogP contribution in [0.15, 0.2) is 47.1 Å². The third-order valence-corrected chi connectivity index (χ3v) is 5.75. The van der Waals surface area contributed by atoms with Crippen molar-refractivity contribution >= 4 is 34.9 Å². The first-order chi connectivity index (χ1) is 9.02. The van der Waals surface area contributed by atoms with Gasteiger partial charge in [0.25, 0.3) is 0 Å². The van der Waals surface area contributed by atoms with E-state index in [9.17, 15) is 0 Å². The van der Waals surface area contributed by atoms with Crippen LogP contribution >= 0.6 is 34.9 Å². The monoisotopic (exact) mass is 430 g/mol. The average Bonchev–Trinajstić information content (AvgIpc) is 3.05. The summed E-state index contributed by atoms with van der Waals surface area (Å²) in [4.78, 5) is 0. The van der Waals surface area contributed by atoms with Gasteiger partial charge in [-0.3, -0.25) is 0 Å². The Morgan fingerprint density at radius 3 is 1.26 bits per heavy atom. The Balaban J connectivity index is 0.000000284. The van der Waals surface area contributed by atoms with E-state index in [0.29, 0.717) is 0 Å². The Hall–Kier alpha value is 1.06. The van der Waals surface area contributed by atoms with E-state index in [0.717, 1.165) is 0 Å². The van der Waals surface area contributed by atoms with Crippen LogP contribution < -0.4 is 0 Å². The van der Waals surface area contributed by atoms with E-state index < -0.39 is 0 Å². The van der Waals surface area contributed by atoms with Crippen molar-refractivity contribution < 1.29 is 15.9 Å². The second-order valence-electron chi connectivity index (χ2n) is 4.64. The molecule has 0 N–H and O–H groups in total. The summed E-state index contributed by atoms with van der Waals surface area (Å²) in [6.07, 6.45) is 16.0. The molecule has 0 fully saturated rings. The summed E-state index contributed by atoms with van der Waals surface area (Å²) >= 11 is -0.106. The number of hydrogen-bond donors (Lipinski definition) is 0. The van der Waals surface area contributed by atoms with E-state index in [1.54, 1.807) is 10.6 Å². The van der Waals surface area contributed by atoms with Crippen LogP contribution in [0.25, 0.3) is 0 Å². The first-order valence-corrected chi connectivity index (χ1v) is 15.2. The Bertz CT molecular complexity index is 324. The molecule has 0 saturated heterocycles. The summed E-state index contributed by atoms with van der Waals surface area (Å²) in [5.41, 5.74) is 0. The van der Waals surface area contributed by atoms with Crippen LogP contribution in [0, 0.1) is 0 Å². The summed E-state index contributed by atoms with van der Waals surface area (Å²) in [5.74, 6) is 0. The zero-order chi connectivity index (χ0) is 14.7. The molecule has 0 saturated carbocycles. The topological polar surface area (TPSA) is 0 Å². The first kappa shape index (κ1) is 20.1. The summed E-state index contributed by atoms with van der Waals surface area (Å²) in [7, 11) is 9.35. The van der Waals surface area contributed by atoms with Crippen molar-refractivity contribution in [3.05, 3.63) is 47.1 Å². The van der Waals surface area contributed by atoms with Crippen molar-refractivity contribution in [3.8, 4) is 0 Å². The van der Waals surface area contributed by atoms with Gasteiger partial charge in [0, 0.05) is 15.8 Å². The van der Waals surface area contributed by atoms with E-state index in [4.69, 9.17) is 19.1 Å². The van der Waals surface area contributed by atoms with Crippen LogP contribution in [0.4, 0.5) is 0 Å². The standard InChI is InChI=1S/2C7H11P.2ClH.Pd/c2*1-8(2)7-5-3-4-6-7;;;/h2*3,5-6H,4H2,1-2H3;2*1H;/q;;;;+2. The SMILES string of the molecule is C[PH+](C)C1=CCC=C1.C[PH+](C)C1=CCC=C1.[Cl][Pd][Cl]. The number of halogens is 2. The fourth-order valence-corrected chi connectivity index (χ4v) is 3.61. The van der Waals surface area contributed by atoms with E-state index in [-0.39, 0.29) is 31.8 Å². The van der Waals surface area contributed by atoms with E-state index >= 15 is 0 Å². The third kappa shape index (κ3) is 10.4. The molecule has 0 aromatic heterocycles. The molecular formula is C14H24Cl2P2Pd+2. The van der Waals surface area contributed by atoms with Gasteiger partial charge in [0.05, 0.1) is 37.3 Å². The van der Waals surface area contributed by atoms with Crippen molar-refractivity contribution in [1.82, 2.24) is 0 Å². The predicted octanol–water partition coefficient (Wildman–Crippen LogP) is 5.98. The molecule has 5 heteroatoms. The molecule has 0 aromatic rings. The van der Waals surface area contributed by atoms with Crippen LogP contribution in [0.5, 0.6) is 0 Å².